The standard InChI is InChI=1S/C12H22BrNO2/c1-15-10-6-14(7-11(10)16-2)9-12(8-13)4-3-5-12/h10-11H,3-9H2,1-2H3. The monoisotopic (exact) mass is 291 g/mol. The van der Waals surface area contributed by atoms with Gasteiger partial charge in [0.15, 0.2) is 0 Å². The number of rotatable bonds is 5. The summed E-state index contributed by atoms with van der Waals surface area (Å²) in [5, 5.41) is 1.13. The van der Waals surface area contributed by atoms with Crippen LogP contribution < -0.4 is 0 Å². The summed E-state index contributed by atoms with van der Waals surface area (Å²) in [5.41, 5.74) is 0.529. The zero-order valence-electron chi connectivity index (χ0n) is 10.2. The molecule has 4 heteroatoms. The Morgan fingerprint density at radius 2 is 1.75 bits per heavy atom. The molecule has 0 radical (unpaired) electrons. The van der Waals surface area contributed by atoms with Gasteiger partial charge in [-0.2, -0.15) is 0 Å². The van der Waals surface area contributed by atoms with E-state index in [1.807, 2.05) is 0 Å². The number of alkyl halides is 1. The Balaban J connectivity index is 1.87. The van der Waals surface area contributed by atoms with Gasteiger partial charge < -0.3 is 9.47 Å². The first-order chi connectivity index (χ1) is 7.73. The predicted molar refractivity (Wildman–Crippen MR) is 68.1 cm³/mol. The van der Waals surface area contributed by atoms with Gasteiger partial charge in [0.25, 0.3) is 0 Å². The molecule has 0 N–H and O–H groups in total. The molecule has 0 spiro atoms. The lowest BCUT2D eigenvalue weighted by atomic mass is 9.70. The molecule has 0 aromatic carbocycles. The van der Waals surface area contributed by atoms with Crippen LogP contribution in [0.3, 0.4) is 0 Å². The summed E-state index contributed by atoms with van der Waals surface area (Å²) in [6, 6.07) is 0. The molecule has 2 fully saturated rings. The minimum Gasteiger partial charge on any atom is -0.377 e. The van der Waals surface area contributed by atoms with Gasteiger partial charge in [-0.1, -0.05) is 22.4 Å². The second kappa shape index (κ2) is 5.34. The van der Waals surface area contributed by atoms with Crippen molar-refractivity contribution in [2.45, 2.75) is 31.5 Å². The van der Waals surface area contributed by atoms with E-state index in [4.69, 9.17) is 9.47 Å². The summed E-state index contributed by atoms with van der Waals surface area (Å²) in [6.45, 7) is 3.23. The lowest BCUT2D eigenvalue weighted by Crippen LogP contribution is -2.43. The SMILES string of the molecule is COC1CN(CC2(CBr)CCC2)CC1OC. The molecule has 1 aliphatic heterocycles. The number of hydrogen-bond acceptors (Lipinski definition) is 3. The van der Waals surface area contributed by atoms with Gasteiger partial charge in [0.1, 0.15) is 0 Å². The van der Waals surface area contributed by atoms with Gasteiger partial charge in [0, 0.05) is 39.2 Å². The summed E-state index contributed by atoms with van der Waals surface area (Å²) in [4.78, 5) is 2.50. The Morgan fingerprint density at radius 3 is 2.06 bits per heavy atom. The second-order valence-corrected chi connectivity index (χ2v) is 5.79. The molecule has 1 saturated heterocycles. The zero-order chi connectivity index (χ0) is 11.6. The van der Waals surface area contributed by atoms with Crippen molar-refractivity contribution in [3.8, 4) is 0 Å². The molecule has 0 bridgehead atoms. The van der Waals surface area contributed by atoms with Gasteiger partial charge in [-0.05, 0) is 18.3 Å². The van der Waals surface area contributed by atoms with Crippen molar-refractivity contribution >= 4 is 15.9 Å². The van der Waals surface area contributed by atoms with E-state index in [2.05, 4.69) is 20.8 Å². The van der Waals surface area contributed by atoms with Crippen molar-refractivity contribution in [1.82, 2.24) is 4.90 Å². The molecule has 16 heavy (non-hydrogen) atoms. The number of ether oxygens (including phenoxy) is 2. The van der Waals surface area contributed by atoms with Crippen molar-refractivity contribution in [3.63, 3.8) is 0 Å². The number of methoxy groups -OCH3 is 2. The molecule has 94 valence electrons. The molecule has 2 unspecified atom stereocenters. The average molecular weight is 292 g/mol. The summed E-state index contributed by atoms with van der Waals surface area (Å²) in [6.07, 6.45) is 4.62. The van der Waals surface area contributed by atoms with Crippen LogP contribution in [0.5, 0.6) is 0 Å². The maximum Gasteiger partial charge on any atom is 0.0971 e. The molecule has 2 atom stereocenters. The van der Waals surface area contributed by atoms with E-state index in [0.29, 0.717) is 5.41 Å². The van der Waals surface area contributed by atoms with Crippen molar-refractivity contribution in [1.29, 1.82) is 0 Å². The zero-order valence-corrected chi connectivity index (χ0v) is 11.8. The van der Waals surface area contributed by atoms with Gasteiger partial charge in [-0.25, -0.2) is 0 Å². The topological polar surface area (TPSA) is 21.7 Å². The molecule has 3 nitrogen and oxygen atoms in total. The van der Waals surface area contributed by atoms with Crippen LogP contribution in [0.4, 0.5) is 0 Å². The first kappa shape index (κ1) is 12.8. The van der Waals surface area contributed by atoms with Crippen LogP contribution in [0.2, 0.25) is 0 Å². The largest absolute Gasteiger partial charge is 0.377 e. The van der Waals surface area contributed by atoms with Crippen LogP contribution in [-0.4, -0.2) is 56.3 Å². The van der Waals surface area contributed by atoms with E-state index < -0.39 is 0 Å². The quantitative estimate of drug-likeness (QED) is 0.722. The number of hydrogen-bond donors (Lipinski definition) is 0. The first-order valence-corrected chi connectivity index (χ1v) is 7.19. The lowest BCUT2D eigenvalue weighted by molar-refractivity contribution is -0.00461. The van der Waals surface area contributed by atoms with E-state index in [1.165, 1.54) is 25.8 Å². The average Bonchev–Trinajstić information content (AvgIpc) is 2.65. The van der Waals surface area contributed by atoms with E-state index in [1.54, 1.807) is 14.2 Å². The Morgan fingerprint density at radius 1 is 1.19 bits per heavy atom. The molecule has 1 saturated carbocycles. The van der Waals surface area contributed by atoms with Gasteiger partial charge >= 0.3 is 0 Å². The Kier molecular flexibility index (Phi) is 4.27. The van der Waals surface area contributed by atoms with Gasteiger partial charge in [0.05, 0.1) is 12.2 Å². The molecule has 0 aromatic rings. The minimum atomic E-state index is 0.248. The fraction of sp³-hybridized carbons (Fsp3) is 1.00. The molecule has 0 amide bonds. The third kappa shape index (κ3) is 2.45. The molecular weight excluding hydrogens is 270 g/mol. The third-order valence-electron chi connectivity index (χ3n) is 4.15. The van der Waals surface area contributed by atoms with E-state index in [9.17, 15) is 0 Å². The van der Waals surface area contributed by atoms with E-state index in [-0.39, 0.29) is 12.2 Å². The van der Waals surface area contributed by atoms with Crippen molar-refractivity contribution in [2.24, 2.45) is 5.41 Å². The Bertz CT molecular complexity index is 216. The predicted octanol–water partition coefficient (Wildman–Crippen LogP) is 1.90. The number of halogens is 1. The highest BCUT2D eigenvalue weighted by Gasteiger charge is 2.41. The minimum absolute atomic E-state index is 0.248. The highest BCUT2D eigenvalue weighted by molar-refractivity contribution is 9.09. The Labute approximate surface area is 107 Å². The smallest absolute Gasteiger partial charge is 0.0971 e. The van der Waals surface area contributed by atoms with Crippen LogP contribution in [-0.2, 0) is 9.47 Å². The second-order valence-electron chi connectivity index (χ2n) is 5.23. The lowest BCUT2D eigenvalue weighted by Gasteiger charge is -2.43. The Hall–Kier alpha value is 0.360. The third-order valence-corrected chi connectivity index (χ3v) is 5.34. The van der Waals surface area contributed by atoms with Crippen molar-refractivity contribution in [2.75, 3.05) is 39.2 Å². The van der Waals surface area contributed by atoms with Crippen LogP contribution >= 0.6 is 15.9 Å². The maximum atomic E-state index is 5.47. The van der Waals surface area contributed by atoms with Crippen LogP contribution in [0.1, 0.15) is 19.3 Å². The summed E-state index contributed by atoms with van der Waals surface area (Å²) in [5.74, 6) is 0. The molecule has 2 aliphatic rings. The highest BCUT2D eigenvalue weighted by Crippen LogP contribution is 2.43. The van der Waals surface area contributed by atoms with Crippen LogP contribution in [0.15, 0.2) is 0 Å². The molecular formula is C12H22BrNO2. The van der Waals surface area contributed by atoms with Crippen molar-refractivity contribution < 1.29 is 9.47 Å². The first-order valence-electron chi connectivity index (χ1n) is 6.07. The number of likely N-dealkylation sites (tertiary alicyclic amines) is 1. The molecule has 1 aliphatic carbocycles. The van der Waals surface area contributed by atoms with Crippen LogP contribution in [0.25, 0.3) is 0 Å². The highest BCUT2D eigenvalue weighted by atomic mass is 79.9. The molecule has 2 rings (SSSR count). The molecule has 0 aromatic heterocycles. The van der Waals surface area contributed by atoms with Gasteiger partial charge in [0.2, 0.25) is 0 Å². The molecule has 1 heterocycles. The van der Waals surface area contributed by atoms with E-state index >= 15 is 0 Å². The van der Waals surface area contributed by atoms with Gasteiger partial charge in [-0.3, -0.25) is 4.90 Å². The summed E-state index contributed by atoms with van der Waals surface area (Å²) in [7, 11) is 3.56. The van der Waals surface area contributed by atoms with E-state index in [0.717, 1.165) is 18.4 Å². The fourth-order valence-electron chi connectivity index (χ4n) is 2.89. The summed E-state index contributed by atoms with van der Waals surface area (Å²) >= 11 is 3.67. The van der Waals surface area contributed by atoms with Gasteiger partial charge in [-0.15, -0.1) is 0 Å². The summed E-state index contributed by atoms with van der Waals surface area (Å²) < 4.78 is 10.9. The van der Waals surface area contributed by atoms with Crippen LogP contribution in [0, 0.1) is 5.41 Å². The van der Waals surface area contributed by atoms with Crippen molar-refractivity contribution in [3.05, 3.63) is 0 Å². The normalized spacial score (nSPS) is 33.9. The fourth-order valence-corrected chi connectivity index (χ4v) is 3.62. The maximum absolute atomic E-state index is 5.47. The number of nitrogens with zero attached hydrogens (tertiary/aromatic N) is 1.